The first kappa shape index (κ1) is 24.7. The molecule has 1 N–H and O–H groups in total. The Hall–Kier alpha value is -2.94. The first-order chi connectivity index (χ1) is 15.5. The van der Waals surface area contributed by atoms with Crippen LogP contribution in [0.5, 0.6) is 17.2 Å². The van der Waals surface area contributed by atoms with Crippen LogP contribution < -0.4 is 23.8 Å². The van der Waals surface area contributed by atoms with Crippen LogP contribution >= 0.6 is 0 Å². The monoisotopic (exact) mass is 476 g/mol. The van der Waals surface area contributed by atoms with Gasteiger partial charge in [0.15, 0.2) is 0 Å². The molecule has 180 valence electrons. The second-order valence-corrected chi connectivity index (χ2v) is 10.6. The summed E-state index contributed by atoms with van der Waals surface area (Å²) in [5.41, 5.74) is 0.959. The van der Waals surface area contributed by atoms with Crippen LogP contribution in [0.3, 0.4) is 0 Å². The minimum absolute atomic E-state index is 0.140. The molecular formula is C24H32N2O6S. The molecule has 1 heterocycles. The van der Waals surface area contributed by atoms with E-state index in [1.807, 2.05) is 32.0 Å². The highest BCUT2D eigenvalue weighted by molar-refractivity contribution is 7.92. The van der Waals surface area contributed by atoms with Crippen LogP contribution in [0, 0.1) is 0 Å². The van der Waals surface area contributed by atoms with Crippen LogP contribution in [-0.2, 0) is 14.8 Å². The highest BCUT2D eigenvalue weighted by atomic mass is 32.2. The fraction of sp³-hybridized carbons (Fsp3) is 0.458. The summed E-state index contributed by atoms with van der Waals surface area (Å²) < 4.78 is 42.6. The van der Waals surface area contributed by atoms with E-state index in [4.69, 9.17) is 14.2 Å². The number of sulfonamides is 1. The number of amides is 1. The molecule has 0 bridgehead atoms. The van der Waals surface area contributed by atoms with Gasteiger partial charge >= 0.3 is 0 Å². The molecule has 3 rings (SSSR count). The smallest absolute Gasteiger partial charge is 0.232 e. The van der Waals surface area contributed by atoms with Crippen molar-refractivity contribution in [2.75, 3.05) is 31.3 Å². The third kappa shape index (κ3) is 6.31. The van der Waals surface area contributed by atoms with Crippen LogP contribution in [-0.4, -0.2) is 46.9 Å². The van der Waals surface area contributed by atoms with Crippen molar-refractivity contribution in [3.8, 4) is 17.2 Å². The number of hydrogen-bond donors (Lipinski definition) is 1. The Balaban J connectivity index is 1.66. The number of benzene rings is 2. The van der Waals surface area contributed by atoms with Crippen molar-refractivity contribution in [1.82, 2.24) is 5.32 Å². The lowest BCUT2D eigenvalue weighted by Gasteiger charge is -2.38. The van der Waals surface area contributed by atoms with Gasteiger partial charge in [-0.25, -0.2) is 8.42 Å². The SMILES string of the molecule is COc1cccc(N(CCCC(=O)N[C@H]2CC(C)(C)Oc3cc(OC)ccc32)S(C)(=O)=O)c1. The molecule has 0 aliphatic carbocycles. The van der Waals surface area contributed by atoms with E-state index in [-0.39, 0.29) is 24.9 Å². The fourth-order valence-electron chi connectivity index (χ4n) is 3.99. The summed E-state index contributed by atoms with van der Waals surface area (Å²) >= 11 is 0. The number of hydrogen-bond acceptors (Lipinski definition) is 6. The molecule has 0 spiro atoms. The molecule has 1 aliphatic rings. The number of nitrogens with one attached hydrogen (secondary N) is 1. The molecular weight excluding hydrogens is 444 g/mol. The van der Waals surface area contributed by atoms with Gasteiger partial charge in [0.1, 0.15) is 22.8 Å². The molecule has 1 atom stereocenters. The van der Waals surface area contributed by atoms with Gasteiger partial charge in [-0.15, -0.1) is 0 Å². The van der Waals surface area contributed by atoms with E-state index in [0.717, 1.165) is 11.8 Å². The number of anilines is 1. The molecule has 8 nitrogen and oxygen atoms in total. The molecule has 0 saturated heterocycles. The van der Waals surface area contributed by atoms with E-state index in [0.29, 0.717) is 35.8 Å². The van der Waals surface area contributed by atoms with Crippen LogP contribution in [0.4, 0.5) is 5.69 Å². The minimum Gasteiger partial charge on any atom is -0.497 e. The number of methoxy groups -OCH3 is 2. The van der Waals surface area contributed by atoms with E-state index in [2.05, 4.69) is 5.32 Å². The summed E-state index contributed by atoms with van der Waals surface area (Å²) in [4.78, 5) is 12.8. The van der Waals surface area contributed by atoms with Gasteiger partial charge in [-0.2, -0.15) is 0 Å². The quantitative estimate of drug-likeness (QED) is 0.594. The van der Waals surface area contributed by atoms with Crippen molar-refractivity contribution in [1.29, 1.82) is 0 Å². The van der Waals surface area contributed by atoms with Gasteiger partial charge in [0, 0.05) is 37.1 Å². The summed E-state index contributed by atoms with van der Waals surface area (Å²) in [6.07, 6.45) is 2.34. The third-order valence-electron chi connectivity index (χ3n) is 5.52. The topological polar surface area (TPSA) is 94.2 Å². The predicted octanol–water partition coefficient (Wildman–Crippen LogP) is 3.67. The Labute approximate surface area is 195 Å². The second-order valence-electron chi connectivity index (χ2n) is 8.73. The maximum atomic E-state index is 12.8. The predicted molar refractivity (Wildman–Crippen MR) is 128 cm³/mol. The Morgan fingerprint density at radius 3 is 2.52 bits per heavy atom. The number of nitrogens with zero attached hydrogens (tertiary/aromatic N) is 1. The summed E-state index contributed by atoms with van der Waals surface area (Å²) in [6.45, 7) is 4.14. The molecule has 1 aliphatic heterocycles. The van der Waals surface area contributed by atoms with E-state index >= 15 is 0 Å². The van der Waals surface area contributed by atoms with Crippen molar-refractivity contribution in [2.45, 2.75) is 44.8 Å². The lowest BCUT2D eigenvalue weighted by atomic mass is 9.89. The summed E-state index contributed by atoms with van der Waals surface area (Å²) in [6, 6.07) is 12.2. The number of fused-ring (bicyclic) bond motifs is 1. The zero-order valence-corrected chi connectivity index (χ0v) is 20.6. The van der Waals surface area contributed by atoms with Crippen LogP contribution in [0.1, 0.15) is 44.7 Å². The fourth-order valence-corrected chi connectivity index (χ4v) is 4.95. The summed E-state index contributed by atoms with van der Waals surface area (Å²) in [5.74, 6) is 1.81. The van der Waals surface area contributed by atoms with Crippen LogP contribution in [0.2, 0.25) is 0 Å². The molecule has 9 heteroatoms. The van der Waals surface area contributed by atoms with Gasteiger partial charge in [0.2, 0.25) is 15.9 Å². The van der Waals surface area contributed by atoms with Crippen molar-refractivity contribution in [3.63, 3.8) is 0 Å². The Kier molecular flexibility index (Phi) is 7.41. The average molecular weight is 477 g/mol. The highest BCUT2D eigenvalue weighted by Crippen LogP contribution is 2.41. The zero-order valence-electron chi connectivity index (χ0n) is 19.8. The summed E-state index contributed by atoms with van der Waals surface area (Å²) in [7, 11) is -0.387. The number of carbonyl (C=O) groups excluding carboxylic acids is 1. The van der Waals surface area contributed by atoms with Gasteiger partial charge < -0.3 is 19.5 Å². The van der Waals surface area contributed by atoms with Gasteiger partial charge in [-0.05, 0) is 44.5 Å². The number of rotatable bonds is 9. The Morgan fingerprint density at radius 2 is 1.85 bits per heavy atom. The largest absolute Gasteiger partial charge is 0.497 e. The van der Waals surface area contributed by atoms with E-state index in [1.165, 1.54) is 11.4 Å². The molecule has 0 saturated carbocycles. The van der Waals surface area contributed by atoms with Crippen LogP contribution in [0.15, 0.2) is 42.5 Å². The van der Waals surface area contributed by atoms with Gasteiger partial charge in [-0.1, -0.05) is 6.07 Å². The van der Waals surface area contributed by atoms with Crippen molar-refractivity contribution < 1.29 is 27.4 Å². The highest BCUT2D eigenvalue weighted by Gasteiger charge is 2.34. The molecule has 33 heavy (non-hydrogen) atoms. The zero-order chi connectivity index (χ0) is 24.2. The van der Waals surface area contributed by atoms with Gasteiger partial charge in [0.25, 0.3) is 0 Å². The summed E-state index contributed by atoms with van der Waals surface area (Å²) in [5, 5.41) is 3.09. The minimum atomic E-state index is -3.51. The Morgan fingerprint density at radius 1 is 1.15 bits per heavy atom. The van der Waals surface area contributed by atoms with Gasteiger partial charge in [-0.3, -0.25) is 9.10 Å². The van der Waals surface area contributed by atoms with Crippen molar-refractivity contribution >= 4 is 21.6 Å². The maximum Gasteiger partial charge on any atom is 0.232 e. The Bertz CT molecular complexity index is 1100. The lowest BCUT2D eigenvalue weighted by molar-refractivity contribution is -0.122. The molecule has 0 aromatic heterocycles. The van der Waals surface area contributed by atoms with E-state index in [9.17, 15) is 13.2 Å². The average Bonchev–Trinajstić information content (AvgIpc) is 2.74. The maximum absolute atomic E-state index is 12.8. The molecule has 2 aromatic carbocycles. The van der Waals surface area contributed by atoms with E-state index in [1.54, 1.807) is 31.4 Å². The first-order valence-electron chi connectivity index (χ1n) is 10.8. The van der Waals surface area contributed by atoms with Crippen molar-refractivity contribution in [3.05, 3.63) is 48.0 Å². The molecule has 1 amide bonds. The first-order valence-corrected chi connectivity index (χ1v) is 12.7. The third-order valence-corrected chi connectivity index (χ3v) is 6.71. The van der Waals surface area contributed by atoms with Crippen molar-refractivity contribution in [2.24, 2.45) is 0 Å². The number of ether oxygens (including phenoxy) is 3. The standard InChI is InChI=1S/C24H32N2O6S/c1-24(2)16-21(20-12-11-19(31-4)15-22(20)32-24)25-23(27)10-7-13-26(33(5,28)29)17-8-6-9-18(14-17)30-3/h6,8-9,11-12,14-15,21H,7,10,13,16H2,1-5H3,(H,25,27)/t21-/m0/s1. The second kappa shape index (κ2) is 9.91. The molecule has 0 unspecified atom stereocenters. The molecule has 2 aromatic rings. The normalized spacial score (nSPS) is 16.8. The number of carbonyl (C=O) groups is 1. The molecule has 0 radical (unpaired) electrons. The molecule has 0 fully saturated rings. The van der Waals surface area contributed by atoms with E-state index < -0.39 is 15.6 Å². The van der Waals surface area contributed by atoms with Gasteiger partial charge in [0.05, 0.1) is 32.2 Å². The van der Waals surface area contributed by atoms with Crippen LogP contribution in [0.25, 0.3) is 0 Å². The lowest BCUT2D eigenvalue weighted by Crippen LogP contribution is -2.41.